The van der Waals surface area contributed by atoms with Gasteiger partial charge in [-0.15, -0.1) is 0 Å². The van der Waals surface area contributed by atoms with Crippen molar-refractivity contribution in [1.82, 2.24) is 0 Å². The third-order valence-electron chi connectivity index (χ3n) is 3.35. The van der Waals surface area contributed by atoms with Crippen LogP contribution in [0.5, 0.6) is 0 Å². The van der Waals surface area contributed by atoms with Gasteiger partial charge >= 0.3 is 128 Å². The summed E-state index contributed by atoms with van der Waals surface area (Å²) in [5, 5.41) is 0. The molecule has 0 aliphatic rings. The third kappa shape index (κ3) is 3.19. The van der Waals surface area contributed by atoms with Crippen molar-refractivity contribution < 1.29 is 21.2 Å². The number of halogens is 1. The van der Waals surface area contributed by atoms with Crippen molar-refractivity contribution in [2.24, 2.45) is 0 Å². The maximum absolute atomic E-state index is 2.32. The molecular weight excluding hydrogens is 343 g/mol. The first-order valence-electron chi connectivity index (χ1n) is 6.69. The van der Waals surface area contributed by atoms with Crippen LogP contribution < -0.4 is 21.2 Å². The molecule has 0 atom stereocenters. The van der Waals surface area contributed by atoms with Crippen LogP contribution in [0.15, 0.2) is 24.3 Å². The zero-order valence-electron chi connectivity index (χ0n) is 12.7. The molecule has 1 heteroatoms. The zero-order chi connectivity index (χ0) is 14.2. The second-order valence-corrected chi connectivity index (χ2v) is 8.22. The van der Waals surface area contributed by atoms with Crippen LogP contribution in [0.3, 0.4) is 0 Å². The van der Waals surface area contributed by atoms with E-state index in [0.29, 0.717) is 0 Å². The van der Waals surface area contributed by atoms with Gasteiger partial charge in [0.15, 0.2) is 0 Å². The fourth-order valence-electron chi connectivity index (χ4n) is 2.72. The van der Waals surface area contributed by atoms with Crippen molar-refractivity contribution in [1.29, 1.82) is 0 Å². The van der Waals surface area contributed by atoms with Gasteiger partial charge in [-0.25, -0.2) is 0 Å². The van der Waals surface area contributed by atoms with E-state index in [0.717, 1.165) is 0 Å². The predicted molar refractivity (Wildman–Crippen MR) is 78.7 cm³/mol. The van der Waals surface area contributed by atoms with Crippen molar-refractivity contribution in [2.45, 2.75) is 41.5 Å². The predicted octanol–water partition coefficient (Wildman–Crippen LogP) is 1.67. The van der Waals surface area contributed by atoms with E-state index >= 15 is 0 Å². The average Bonchev–Trinajstić information content (AvgIpc) is 2.25. The molecular formula is C18H22I-. The molecule has 0 aliphatic heterocycles. The Kier molecular flexibility index (Phi) is 4.34. The Labute approximate surface area is 127 Å². The van der Waals surface area contributed by atoms with Crippen molar-refractivity contribution in [3.05, 3.63) is 64.8 Å². The Hall–Kier alpha value is -0.830. The molecule has 2 aromatic rings. The Morgan fingerprint density at radius 2 is 0.789 bits per heavy atom. The van der Waals surface area contributed by atoms with Gasteiger partial charge in [0.1, 0.15) is 0 Å². The number of aryl methyl sites for hydroxylation is 6. The molecule has 19 heavy (non-hydrogen) atoms. The Morgan fingerprint density at radius 3 is 1.05 bits per heavy atom. The molecule has 0 nitrogen and oxygen atoms in total. The Morgan fingerprint density at radius 1 is 0.526 bits per heavy atom. The molecule has 0 saturated heterocycles. The first kappa shape index (κ1) is 14.6. The molecule has 0 saturated carbocycles. The zero-order valence-corrected chi connectivity index (χ0v) is 14.8. The van der Waals surface area contributed by atoms with E-state index in [1.54, 1.807) is 7.14 Å². The van der Waals surface area contributed by atoms with Crippen LogP contribution in [0.4, 0.5) is 0 Å². The van der Waals surface area contributed by atoms with Crippen LogP contribution in [0, 0.1) is 48.7 Å². The summed E-state index contributed by atoms with van der Waals surface area (Å²) in [4.78, 5) is 0. The monoisotopic (exact) mass is 365 g/mol. The van der Waals surface area contributed by atoms with Crippen LogP contribution in [0.25, 0.3) is 0 Å². The summed E-state index contributed by atoms with van der Waals surface area (Å²) in [6.45, 7) is 13.4. The molecule has 2 aromatic carbocycles. The second-order valence-electron chi connectivity index (χ2n) is 5.52. The van der Waals surface area contributed by atoms with Crippen molar-refractivity contribution in [3.63, 3.8) is 0 Å². The van der Waals surface area contributed by atoms with E-state index in [2.05, 4.69) is 65.8 Å². The maximum atomic E-state index is 2.32. The van der Waals surface area contributed by atoms with Gasteiger partial charge < -0.3 is 0 Å². The number of hydrogen-bond donors (Lipinski definition) is 0. The van der Waals surface area contributed by atoms with Crippen LogP contribution in [0.1, 0.15) is 33.4 Å². The molecule has 0 N–H and O–H groups in total. The van der Waals surface area contributed by atoms with E-state index in [-0.39, 0.29) is 21.2 Å². The molecule has 102 valence electrons. The summed E-state index contributed by atoms with van der Waals surface area (Å²) in [7, 11) is 0. The SMILES string of the molecule is Cc1cc(C)c([I-]c2c(C)cc(C)cc2C)c(C)c1. The molecule has 0 aromatic heterocycles. The minimum absolute atomic E-state index is 0.0837. The first-order chi connectivity index (χ1) is 8.88. The molecule has 0 heterocycles. The van der Waals surface area contributed by atoms with Gasteiger partial charge in [-0.1, -0.05) is 0 Å². The number of benzene rings is 2. The van der Waals surface area contributed by atoms with Crippen molar-refractivity contribution >= 4 is 0 Å². The van der Waals surface area contributed by atoms with Gasteiger partial charge in [0, 0.05) is 0 Å². The normalized spacial score (nSPS) is 11.1. The average molecular weight is 365 g/mol. The molecule has 0 fully saturated rings. The third-order valence-corrected chi connectivity index (χ3v) is 7.83. The first-order valence-corrected chi connectivity index (χ1v) is 8.84. The minimum atomic E-state index is -0.0837. The fourth-order valence-corrected chi connectivity index (χ4v) is 5.58. The van der Waals surface area contributed by atoms with E-state index < -0.39 is 0 Å². The molecule has 0 spiro atoms. The Bertz CT molecular complexity index is 522. The standard InChI is InChI=1S/C18H22I/c1-11-7-13(3)17(14(4)8-11)19-18-15(5)9-12(2)10-16(18)6/h7-10H,1-6H3/q-1. The van der Waals surface area contributed by atoms with Crippen molar-refractivity contribution in [3.8, 4) is 0 Å². The van der Waals surface area contributed by atoms with Gasteiger partial charge in [-0.2, -0.15) is 0 Å². The summed E-state index contributed by atoms with van der Waals surface area (Å²) >= 11 is -0.0837. The summed E-state index contributed by atoms with van der Waals surface area (Å²) in [5.74, 6) is 0. The number of hydrogen-bond acceptors (Lipinski definition) is 0. The summed E-state index contributed by atoms with van der Waals surface area (Å²) in [6, 6.07) is 9.28. The van der Waals surface area contributed by atoms with Crippen LogP contribution in [0.2, 0.25) is 0 Å². The summed E-state index contributed by atoms with van der Waals surface area (Å²) < 4.78 is 3.19. The fraction of sp³-hybridized carbons (Fsp3) is 0.333. The second kappa shape index (κ2) is 5.66. The molecule has 0 radical (unpaired) electrons. The van der Waals surface area contributed by atoms with Crippen molar-refractivity contribution in [2.75, 3.05) is 0 Å². The van der Waals surface area contributed by atoms with E-state index in [1.165, 1.54) is 33.4 Å². The van der Waals surface area contributed by atoms with Crippen LogP contribution in [-0.2, 0) is 0 Å². The quantitative estimate of drug-likeness (QED) is 0.711. The molecule has 2 rings (SSSR count). The van der Waals surface area contributed by atoms with E-state index in [9.17, 15) is 0 Å². The van der Waals surface area contributed by atoms with Gasteiger partial charge in [0.2, 0.25) is 0 Å². The van der Waals surface area contributed by atoms with E-state index in [1.807, 2.05) is 0 Å². The topological polar surface area (TPSA) is 0 Å². The van der Waals surface area contributed by atoms with Gasteiger partial charge in [-0.05, 0) is 0 Å². The molecule has 0 aliphatic carbocycles. The molecule has 0 amide bonds. The summed E-state index contributed by atoms with van der Waals surface area (Å²) in [6.07, 6.45) is 0. The van der Waals surface area contributed by atoms with Gasteiger partial charge in [0.05, 0.1) is 0 Å². The van der Waals surface area contributed by atoms with Crippen LogP contribution >= 0.6 is 0 Å². The number of rotatable bonds is 2. The molecule has 0 unspecified atom stereocenters. The summed E-state index contributed by atoms with van der Waals surface area (Å²) in [5.41, 5.74) is 8.60. The van der Waals surface area contributed by atoms with E-state index in [4.69, 9.17) is 0 Å². The Balaban J connectivity index is 2.48. The molecule has 0 bridgehead atoms. The van der Waals surface area contributed by atoms with Gasteiger partial charge in [0.25, 0.3) is 0 Å². The van der Waals surface area contributed by atoms with Crippen LogP contribution in [-0.4, -0.2) is 0 Å². The van der Waals surface area contributed by atoms with Gasteiger partial charge in [-0.3, -0.25) is 0 Å².